The van der Waals surface area contributed by atoms with Crippen LogP contribution in [-0.2, 0) is 13.0 Å². The lowest BCUT2D eigenvalue weighted by atomic mass is 10.1. The van der Waals surface area contributed by atoms with Crippen molar-refractivity contribution in [3.8, 4) is 5.75 Å². The van der Waals surface area contributed by atoms with Crippen molar-refractivity contribution in [2.45, 2.75) is 19.4 Å². The number of carbonyl (C=O) groups is 1. The molecule has 2 aromatic heterocycles. The number of nitrogens with one attached hydrogen (secondary N) is 1. The molecule has 0 aliphatic heterocycles. The number of aromatic nitrogens is 3. The minimum Gasteiger partial charge on any atom is -0.497 e. The van der Waals surface area contributed by atoms with Crippen molar-refractivity contribution in [2.75, 3.05) is 18.2 Å². The summed E-state index contributed by atoms with van der Waals surface area (Å²) in [6.45, 7) is 0.872. The van der Waals surface area contributed by atoms with Crippen LogP contribution < -0.4 is 21.5 Å². The number of nitrogens with two attached hydrogens (primary N) is 2. The maximum absolute atomic E-state index is 11.7. The van der Waals surface area contributed by atoms with Crippen LogP contribution in [0.3, 0.4) is 0 Å². The predicted molar refractivity (Wildman–Crippen MR) is 121 cm³/mol. The average molecular weight is 416 g/mol. The molecule has 8 heteroatoms. The largest absolute Gasteiger partial charge is 0.497 e. The second-order valence-corrected chi connectivity index (χ2v) is 7.18. The highest BCUT2D eigenvalue weighted by Crippen LogP contribution is 2.28. The molecule has 2 aromatic carbocycles. The second-order valence-electron chi connectivity index (χ2n) is 7.18. The maximum atomic E-state index is 11.7. The molecule has 5 N–H and O–H groups in total. The molecule has 0 fully saturated rings. The highest BCUT2D eigenvalue weighted by molar-refractivity contribution is 6.00. The first-order valence-electron chi connectivity index (χ1n) is 9.95. The molecule has 0 spiro atoms. The number of hydrogen-bond acceptors (Lipinski definition) is 6. The van der Waals surface area contributed by atoms with Gasteiger partial charge in [-0.1, -0.05) is 18.2 Å². The molecule has 0 unspecified atom stereocenters. The number of fused-ring (bicyclic) bond motifs is 1. The lowest BCUT2D eigenvalue weighted by Gasteiger charge is -2.11. The monoisotopic (exact) mass is 416 g/mol. The third-order valence-corrected chi connectivity index (χ3v) is 5.14. The van der Waals surface area contributed by atoms with Crippen molar-refractivity contribution in [1.82, 2.24) is 14.5 Å². The molecule has 158 valence electrons. The summed E-state index contributed by atoms with van der Waals surface area (Å²) < 4.78 is 7.51. The zero-order chi connectivity index (χ0) is 21.8. The van der Waals surface area contributed by atoms with Gasteiger partial charge in [0, 0.05) is 30.0 Å². The lowest BCUT2D eigenvalue weighted by Crippen LogP contribution is -2.15. The van der Waals surface area contributed by atoms with Crippen LogP contribution in [0, 0.1) is 0 Å². The SMILES string of the molecule is COc1cccc(CCCn2ccc3c(Nc4nc(N)ncc4C(N)=O)cccc32)c1. The molecule has 0 aliphatic carbocycles. The van der Waals surface area contributed by atoms with Gasteiger partial charge in [-0.2, -0.15) is 4.98 Å². The van der Waals surface area contributed by atoms with Gasteiger partial charge in [-0.15, -0.1) is 0 Å². The Hall–Kier alpha value is -4.07. The number of anilines is 3. The summed E-state index contributed by atoms with van der Waals surface area (Å²) in [5.74, 6) is 0.609. The summed E-state index contributed by atoms with van der Waals surface area (Å²) in [5, 5.41) is 4.20. The number of ether oxygens (including phenoxy) is 1. The zero-order valence-corrected chi connectivity index (χ0v) is 17.2. The standard InChI is InChI=1S/C23H24N6O2/c1-31-16-7-2-5-15(13-16)6-4-11-29-12-10-17-19(8-3-9-20(17)29)27-22-18(21(24)30)14-26-23(25)28-22/h2-3,5,7-10,12-14H,4,6,11H2,1H3,(H2,24,30)(H3,25,26,27,28). The van der Waals surface area contributed by atoms with E-state index in [1.54, 1.807) is 7.11 Å². The number of methoxy groups -OCH3 is 1. The van der Waals surface area contributed by atoms with E-state index >= 15 is 0 Å². The van der Waals surface area contributed by atoms with Crippen LogP contribution in [0.25, 0.3) is 10.9 Å². The fourth-order valence-electron chi connectivity index (χ4n) is 3.61. The number of amides is 1. The summed E-state index contributed by atoms with van der Waals surface area (Å²) in [7, 11) is 1.68. The highest BCUT2D eigenvalue weighted by atomic mass is 16.5. The van der Waals surface area contributed by atoms with Crippen molar-refractivity contribution >= 4 is 34.3 Å². The molecule has 4 rings (SSSR count). The van der Waals surface area contributed by atoms with E-state index in [-0.39, 0.29) is 11.5 Å². The predicted octanol–water partition coefficient (Wildman–Crippen LogP) is 3.50. The summed E-state index contributed by atoms with van der Waals surface area (Å²) in [6, 6.07) is 16.1. The van der Waals surface area contributed by atoms with Crippen LogP contribution in [0.1, 0.15) is 22.3 Å². The summed E-state index contributed by atoms with van der Waals surface area (Å²) in [6.07, 6.45) is 5.33. The smallest absolute Gasteiger partial charge is 0.254 e. The van der Waals surface area contributed by atoms with Crippen LogP contribution in [0.5, 0.6) is 5.75 Å². The van der Waals surface area contributed by atoms with Gasteiger partial charge in [-0.05, 0) is 48.7 Å². The van der Waals surface area contributed by atoms with Crippen molar-refractivity contribution in [3.05, 3.63) is 72.1 Å². The third kappa shape index (κ3) is 4.42. The Kier molecular flexibility index (Phi) is 5.70. The Labute approximate surface area is 179 Å². The van der Waals surface area contributed by atoms with Gasteiger partial charge in [-0.25, -0.2) is 4.98 Å². The lowest BCUT2D eigenvalue weighted by molar-refractivity contribution is 0.100. The zero-order valence-electron chi connectivity index (χ0n) is 17.2. The Bertz CT molecular complexity index is 1230. The Morgan fingerprint density at radius 3 is 2.84 bits per heavy atom. The third-order valence-electron chi connectivity index (χ3n) is 5.14. The molecule has 0 saturated carbocycles. The van der Waals surface area contributed by atoms with E-state index < -0.39 is 5.91 Å². The van der Waals surface area contributed by atoms with Crippen LogP contribution >= 0.6 is 0 Å². The quantitative estimate of drug-likeness (QED) is 0.404. The van der Waals surface area contributed by atoms with Gasteiger partial charge >= 0.3 is 0 Å². The molecule has 2 heterocycles. The number of carbonyl (C=O) groups excluding carboxylic acids is 1. The van der Waals surface area contributed by atoms with E-state index in [1.165, 1.54) is 11.8 Å². The van der Waals surface area contributed by atoms with Gasteiger partial charge in [-0.3, -0.25) is 4.79 Å². The van der Waals surface area contributed by atoms with Gasteiger partial charge in [0.05, 0.1) is 12.6 Å². The van der Waals surface area contributed by atoms with Crippen molar-refractivity contribution in [3.63, 3.8) is 0 Å². The molecule has 8 nitrogen and oxygen atoms in total. The number of hydrogen-bond donors (Lipinski definition) is 3. The van der Waals surface area contributed by atoms with Gasteiger partial charge in [0.15, 0.2) is 0 Å². The topological polar surface area (TPSA) is 121 Å². The minimum absolute atomic E-state index is 0.0646. The molecule has 0 atom stereocenters. The van der Waals surface area contributed by atoms with Crippen LogP contribution in [0.4, 0.5) is 17.5 Å². The first-order chi connectivity index (χ1) is 15.0. The molecule has 0 saturated heterocycles. The number of primary amides is 1. The normalized spacial score (nSPS) is 10.9. The highest BCUT2D eigenvalue weighted by Gasteiger charge is 2.13. The number of nitrogens with zero attached hydrogens (tertiary/aromatic N) is 3. The summed E-state index contributed by atoms with van der Waals surface area (Å²) in [5.41, 5.74) is 14.5. The number of benzene rings is 2. The van der Waals surface area contributed by atoms with Gasteiger partial charge in [0.2, 0.25) is 5.95 Å². The molecular weight excluding hydrogens is 392 g/mol. The number of nitrogen functional groups attached to an aromatic ring is 1. The molecule has 0 radical (unpaired) electrons. The first-order valence-corrected chi connectivity index (χ1v) is 9.95. The number of aryl methyl sites for hydroxylation is 2. The maximum Gasteiger partial charge on any atom is 0.254 e. The van der Waals surface area contributed by atoms with E-state index in [1.807, 2.05) is 30.3 Å². The van der Waals surface area contributed by atoms with E-state index in [4.69, 9.17) is 16.2 Å². The van der Waals surface area contributed by atoms with Crippen LogP contribution in [-0.4, -0.2) is 27.6 Å². The van der Waals surface area contributed by atoms with Gasteiger partial charge in [0.1, 0.15) is 17.1 Å². The molecule has 0 bridgehead atoms. The Balaban J connectivity index is 1.53. The molecule has 0 aliphatic rings. The fraction of sp³-hybridized carbons (Fsp3) is 0.174. The minimum atomic E-state index is -0.621. The average Bonchev–Trinajstić information content (AvgIpc) is 3.18. The Morgan fingerprint density at radius 1 is 1.19 bits per heavy atom. The fourth-order valence-corrected chi connectivity index (χ4v) is 3.61. The van der Waals surface area contributed by atoms with Crippen molar-refractivity contribution < 1.29 is 9.53 Å². The molecular formula is C23H24N6O2. The van der Waals surface area contributed by atoms with Crippen LogP contribution in [0.2, 0.25) is 0 Å². The van der Waals surface area contributed by atoms with Crippen LogP contribution in [0.15, 0.2) is 60.9 Å². The van der Waals surface area contributed by atoms with E-state index in [0.29, 0.717) is 5.82 Å². The van der Waals surface area contributed by atoms with Crippen molar-refractivity contribution in [1.29, 1.82) is 0 Å². The molecule has 4 aromatic rings. The Morgan fingerprint density at radius 2 is 2.03 bits per heavy atom. The van der Waals surface area contributed by atoms with E-state index in [2.05, 4.69) is 44.2 Å². The molecule has 31 heavy (non-hydrogen) atoms. The second kappa shape index (κ2) is 8.74. The van der Waals surface area contributed by atoms with Gasteiger partial charge in [0.25, 0.3) is 5.91 Å². The van der Waals surface area contributed by atoms with E-state index in [0.717, 1.165) is 41.7 Å². The number of rotatable bonds is 8. The molecule has 1 amide bonds. The summed E-state index contributed by atoms with van der Waals surface area (Å²) in [4.78, 5) is 19.7. The summed E-state index contributed by atoms with van der Waals surface area (Å²) >= 11 is 0. The van der Waals surface area contributed by atoms with Gasteiger partial charge < -0.3 is 26.1 Å². The first kappa shape index (κ1) is 20.2. The van der Waals surface area contributed by atoms with Crippen molar-refractivity contribution in [2.24, 2.45) is 5.73 Å². The van der Waals surface area contributed by atoms with E-state index in [9.17, 15) is 4.79 Å².